The molecule has 11 rings (SSSR count). The molecule has 0 spiro atoms. The van der Waals surface area contributed by atoms with Crippen LogP contribution in [-0.4, -0.2) is 40.9 Å². The van der Waals surface area contributed by atoms with Crippen LogP contribution in [0.5, 0.6) is 0 Å². The first kappa shape index (κ1) is 25.3. The Morgan fingerprint density at radius 2 is 0.792 bits per heavy atom. The predicted molar refractivity (Wildman–Crippen MR) is 184 cm³/mol. The largest absolute Gasteiger partial charge is 0.478 e. The molecule has 0 bridgehead atoms. The summed E-state index contributed by atoms with van der Waals surface area (Å²) in [6.07, 6.45) is 0. The van der Waals surface area contributed by atoms with Gasteiger partial charge < -0.3 is 10.2 Å². The highest BCUT2D eigenvalue weighted by molar-refractivity contribution is 6.40. The van der Waals surface area contributed by atoms with Crippen molar-refractivity contribution in [1.29, 1.82) is 0 Å². The fourth-order valence-corrected chi connectivity index (χ4v) is 8.06. The maximum atomic E-state index is 14.1. The average molecular weight is 625 g/mol. The maximum absolute atomic E-state index is 14.1. The summed E-state index contributed by atoms with van der Waals surface area (Å²) in [4.78, 5) is 61.0. The molecule has 224 valence electrons. The summed E-state index contributed by atoms with van der Waals surface area (Å²) in [5.74, 6) is -2.14. The first-order valence-electron chi connectivity index (χ1n) is 15.1. The molecule has 0 aliphatic rings. The first-order chi connectivity index (χ1) is 23.3. The Balaban J connectivity index is 1.31. The molecule has 0 saturated carbocycles. The van der Waals surface area contributed by atoms with Gasteiger partial charge in [0.2, 0.25) is 0 Å². The van der Waals surface area contributed by atoms with E-state index in [0.717, 1.165) is 53.9 Å². The number of rotatable bonds is 2. The lowest BCUT2D eigenvalue weighted by Gasteiger charge is -2.18. The van der Waals surface area contributed by atoms with Crippen LogP contribution in [0.4, 0.5) is 0 Å². The van der Waals surface area contributed by atoms with E-state index in [2.05, 4.69) is 0 Å². The first-order valence-corrected chi connectivity index (χ1v) is 15.1. The van der Waals surface area contributed by atoms with Crippen molar-refractivity contribution in [3.63, 3.8) is 0 Å². The second kappa shape index (κ2) is 8.06. The molecule has 0 atom stereocenters. The average Bonchev–Trinajstić information content (AvgIpc) is 3.67. The maximum Gasteiger partial charge on any atom is 0.335 e. The van der Waals surface area contributed by atoms with Crippen LogP contribution in [-0.2, 0) is 0 Å². The molecule has 7 aromatic carbocycles. The SMILES string of the molecule is O=C(O)c1ccc2c(c1)nc1c3ccc4c5ccc6c(=O)n7c8ccc(C(=O)O)cc8nc7c7ccc(c8ccc(c(=O)n21)c3c84)c5c67. The summed E-state index contributed by atoms with van der Waals surface area (Å²) in [5.41, 5.74) is 2.56. The number of carboxylic acid groups (broad SMARTS) is 2. The minimum absolute atomic E-state index is 0.0933. The van der Waals surface area contributed by atoms with Crippen LogP contribution in [0.3, 0.4) is 0 Å². The number of hydrogen-bond donors (Lipinski definition) is 2. The highest BCUT2D eigenvalue weighted by atomic mass is 16.4. The lowest BCUT2D eigenvalue weighted by Crippen LogP contribution is -2.14. The second-order valence-corrected chi connectivity index (χ2v) is 12.3. The van der Waals surface area contributed by atoms with Gasteiger partial charge in [-0.05, 0) is 93.0 Å². The van der Waals surface area contributed by atoms with Crippen LogP contribution in [0.25, 0.3) is 98.0 Å². The van der Waals surface area contributed by atoms with Crippen molar-refractivity contribution in [2.45, 2.75) is 0 Å². The smallest absolute Gasteiger partial charge is 0.335 e. The quantitative estimate of drug-likeness (QED) is 0.161. The van der Waals surface area contributed by atoms with E-state index in [1.807, 2.05) is 48.5 Å². The van der Waals surface area contributed by atoms with E-state index in [1.54, 1.807) is 20.9 Å². The van der Waals surface area contributed by atoms with Crippen molar-refractivity contribution in [2.75, 3.05) is 0 Å². The summed E-state index contributed by atoms with van der Waals surface area (Å²) in [7, 11) is 0. The molecule has 4 heterocycles. The third-order valence-electron chi connectivity index (χ3n) is 10.1. The van der Waals surface area contributed by atoms with Gasteiger partial charge >= 0.3 is 11.9 Å². The van der Waals surface area contributed by atoms with Crippen molar-refractivity contribution in [3.05, 3.63) is 117 Å². The van der Waals surface area contributed by atoms with E-state index in [9.17, 15) is 29.4 Å². The lowest BCUT2D eigenvalue weighted by molar-refractivity contribution is 0.0686. The zero-order valence-corrected chi connectivity index (χ0v) is 24.4. The van der Waals surface area contributed by atoms with Gasteiger partial charge in [-0.1, -0.05) is 24.3 Å². The Kier molecular flexibility index (Phi) is 4.25. The molecule has 0 amide bonds. The minimum Gasteiger partial charge on any atom is -0.478 e. The Morgan fingerprint density at radius 1 is 0.458 bits per heavy atom. The Bertz CT molecular complexity index is 3200. The summed E-state index contributed by atoms with van der Waals surface area (Å²) in [5, 5.41) is 28.7. The number of aromatic nitrogens is 4. The van der Waals surface area contributed by atoms with Crippen LogP contribution in [0, 0.1) is 0 Å². The molecule has 48 heavy (non-hydrogen) atoms. The molecule has 0 saturated heterocycles. The Labute approximate surface area is 264 Å². The van der Waals surface area contributed by atoms with Crippen molar-refractivity contribution in [3.8, 4) is 0 Å². The summed E-state index contributed by atoms with van der Waals surface area (Å²) in [6, 6.07) is 24.7. The monoisotopic (exact) mass is 624 g/mol. The van der Waals surface area contributed by atoms with Gasteiger partial charge in [-0.3, -0.25) is 18.4 Å². The fourth-order valence-electron chi connectivity index (χ4n) is 8.06. The number of pyridine rings is 2. The molecule has 0 radical (unpaired) electrons. The van der Waals surface area contributed by atoms with Gasteiger partial charge in [-0.15, -0.1) is 0 Å². The molecule has 0 aliphatic heterocycles. The number of carbonyl (C=O) groups is 2. The number of imidazole rings is 2. The van der Waals surface area contributed by atoms with E-state index >= 15 is 0 Å². The highest BCUT2D eigenvalue weighted by Gasteiger charge is 2.24. The molecule has 11 aromatic rings. The second-order valence-electron chi connectivity index (χ2n) is 12.3. The van der Waals surface area contributed by atoms with Gasteiger partial charge in [0.25, 0.3) is 11.1 Å². The topological polar surface area (TPSA) is 143 Å². The van der Waals surface area contributed by atoms with Gasteiger partial charge in [0.05, 0.1) is 33.2 Å². The van der Waals surface area contributed by atoms with Crippen LogP contribution in [0.1, 0.15) is 20.7 Å². The molecular weight excluding hydrogens is 608 g/mol. The molecule has 0 aliphatic carbocycles. The number of carboxylic acids is 2. The van der Waals surface area contributed by atoms with Crippen molar-refractivity contribution < 1.29 is 19.8 Å². The zero-order valence-electron chi connectivity index (χ0n) is 24.4. The van der Waals surface area contributed by atoms with Gasteiger partial charge in [0.1, 0.15) is 11.3 Å². The van der Waals surface area contributed by atoms with Crippen molar-refractivity contribution in [1.82, 2.24) is 18.8 Å². The zero-order chi connectivity index (χ0) is 32.3. The third-order valence-corrected chi connectivity index (χ3v) is 10.1. The molecule has 2 N–H and O–H groups in total. The van der Waals surface area contributed by atoms with Crippen LogP contribution in [0.15, 0.2) is 94.5 Å². The third kappa shape index (κ3) is 2.76. The normalized spacial score (nSPS) is 12.7. The van der Waals surface area contributed by atoms with Crippen LogP contribution in [0.2, 0.25) is 0 Å². The van der Waals surface area contributed by atoms with Gasteiger partial charge in [0, 0.05) is 32.3 Å². The highest BCUT2D eigenvalue weighted by Crippen LogP contribution is 2.45. The standard InChI is InChI=1S/C38H16N4O6/c43-35-23-9-5-19-18-4-8-22-32-24(36(44)42-28-12-2-16(38(47)48)14-26(28)40-34(22)42)10-6-20(30(18)32)17-3-7-21(31(23)29(17)19)33-39-25-13-15(37(45)46)1-11-27(25)41(33)35/h1-14H,(H,45,46)(H,47,48). The van der Waals surface area contributed by atoms with Crippen LogP contribution >= 0.6 is 0 Å². The Morgan fingerprint density at radius 3 is 1.17 bits per heavy atom. The minimum atomic E-state index is -1.07. The van der Waals surface area contributed by atoms with E-state index < -0.39 is 11.9 Å². The lowest BCUT2D eigenvalue weighted by atomic mass is 9.86. The van der Waals surface area contributed by atoms with E-state index in [-0.39, 0.29) is 22.2 Å². The summed E-state index contributed by atoms with van der Waals surface area (Å²) >= 11 is 0. The van der Waals surface area contributed by atoms with Gasteiger partial charge in [-0.2, -0.15) is 0 Å². The number of hydrogen-bond acceptors (Lipinski definition) is 6. The van der Waals surface area contributed by atoms with E-state index in [1.165, 1.54) is 24.3 Å². The van der Waals surface area contributed by atoms with Crippen molar-refractivity contribution >= 4 is 110 Å². The summed E-state index contributed by atoms with van der Waals surface area (Å²) < 4.78 is 3.11. The molecule has 0 fully saturated rings. The van der Waals surface area contributed by atoms with Gasteiger partial charge in [0.15, 0.2) is 0 Å². The molecule has 10 heteroatoms. The number of fused-ring (bicyclic) bond motifs is 10. The molecule has 0 unspecified atom stereocenters. The van der Waals surface area contributed by atoms with E-state index in [0.29, 0.717) is 44.1 Å². The number of benzene rings is 7. The number of nitrogens with zero attached hydrogens (tertiary/aromatic N) is 4. The molecule has 4 aromatic heterocycles. The predicted octanol–water partition coefficient (Wildman–Crippen LogP) is 6.64. The number of aromatic carboxylic acids is 2. The van der Waals surface area contributed by atoms with Gasteiger partial charge in [-0.25, -0.2) is 19.6 Å². The van der Waals surface area contributed by atoms with Crippen molar-refractivity contribution in [2.24, 2.45) is 0 Å². The molecular formula is C38H16N4O6. The van der Waals surface area contributed by atoms with E-state index in [4.69, 9.17) is 9.97 Å². The Hall–Kier alpha value is -6.94. The summed E-state index contributed by atoms with van der Waals surface area (Å²) in [6.45, 7) is 0. The fraction of sp³-hybridized carbons (Fsp3) is 0. The van der Waals surface area contributed by atoms with Crippen LogP contribution < -0.4 is 11.1 Å². The molecule has 10 nitrogen and oxygen atoms in total.